The van der Waals surface area contributed by atoms with Crippen LogP contribution in [-0.4, -0.2) is 39.0 Å². The standard InChI is InChI=1S/C13H27NO2/c1-4-14-13(6-5-11(2)15-3)12-7-9-16-10-8-12/h11-14H,4-10H2,1-3H3. The van der Waals surface area contributed by atoms with Gasteiger partial charge in [-0.1, -0.05) is 6.92 Å². The van der Waals surface area contributed by atoms with Gasteiger partial charge in [0.2, 0.25) is 0 Å². The predicted molar refractivity (Wildman–Crippen MR) is 66.7 cm³/mol. The molecule has 1 aliphatic heterocycles. The maximum atomic E-state index is 5.42. The van der Waals surface area contributed by atoms with Gasteiger partial charge in [-0.25, -0.2) is 0 Å². The average molecular weight is 229 g/mol. The first-order valence-electron chi connectivity index (χ1n) is 6.61. The minimum atomic E-state index is 0.376. The first-order valence-corrected chi connectivity index (χ1v) is 6.61. The van der Waals surface area contributed by atoms with Crippen LogP contribution in [0.4, 0.5) is 0 Å². The molecule has 0 aromatic heterocycles. The third-order valence-corrected chi connectivity index (χ3v) is 3.59. The van der Waals surface area contributed by atoms with Gasteiger partial charge in [-0.15, -0.1) is 0 Å². The van der Waals surface area contributed by atoms with Crippen LogP contribution < -0.4 is 5.32 Å². The summed E-state index contributed by atoms with van der Waals surface area (Å²) in [7, 11) is 1.79. The summed E-state index contributed by atoms with van der Waals surface area (Å²) in [6.07, 6.45) is 5.15. The average Bonchev–Trinajstić information content (AvgIpc) is 2.35. The van der Waals surface area contributed by atoms with E-state index in [2.05, 4.69) is 19.2 Å². The minimum absolute atomic E-state index is 0.376. The molecule has 0 spiro atoms. The van der Waals surface area contributed by atoms with Gasteiger partial charge >= 0.3 is 0 Å². The zero-order valence-electron chi connectivity index (χ0n) is 11.0. The predicted octanol–water partition coefficient (Wildman–Crippen LogP) is 2.21. The molecule has 1 saturated heterocycles. The Balaban J connectivity index is 2.33. The zero-order chi connectivity index (χ0) is 11.8. The van der Waals surface area contributed by atoms with Gasteiger partial charge in [0.05, 0.1) is 6.10 Å². The summed E-state index contributed by atoms with van der Waals surface area (Å²) in [6.45, 7) is 7.27. The molecule has 2 atom stereocenters. The van der Waals surface area contributed by atoms with Gasteiger partial charge in [0.15, 0.2) is 0 Å². The summed E-state index contributed by atoms with van der Waals surface area (Å²) in [5, 5.41) is 3.62. The Morgan fingerprint density at radius 3 is 2.56 bits per heavy atom. The summed E-state index contributed by atoms with van der Waals surface area (Å²) >= 11 is 0. The van der Waals surface area contributed by atoms with E-state index in [1.54, 1.807) is 7.11 Å². The number of hydrogen-bond acceptors (Lipinski definition) is 3. The lowest BCUT2D eigenvalue weighted by Crippen LogP contribution is -2.39. The second-order valence-corrected chi connectivity index (χ2v) is 4.74. The van der Waals surface area contributed by atoms with Crippen molar-refractivity contribution in [1.82, 2.24) is 5.32 Å². The van der Waals surface area contributed by atoms with Gasteiger partial charge in [0.25, 0.3) is 0 Å². The van der Waals surface area contributed by atoms with Gasteiger partial charge in [-0.05, 0) is 45.1 Å². The molecule has 1 fully saturated rings. The SMILES string of the molecule is CCNC(CCC(C)OC)C1CCOCC1. The molecule has 0 aliphatic carbocycles. The van der Waals surface area contributed by atoms with Crippen molar-refractivity contribution in [3.05, 3.63) is 0 Å². The van der Waals surface area contributed by atoms with Gasteiger partial charge < -0.3 is 14.8 Å². The Morgan fingerprint density at radius 2 is 2.00 bits per heavy atom. The highest BCUT2D eigenvalue weighted by Gasteiger charge is 2.23. The number of hydrogen-bond donors (Lipinski definition) is 1. The fourth-order valence-corrected chi connectivity index (χ4v) is 2.42. The monoisotopic (exact) mass is 229 g/mol. The summed E-state index contributed by atoms with van der Waals surface area (Å²) in [6, 6.07) is 0.645. The minimum Gasteiger partial charge on any atom is -0.382 e. The summed E-state index contributed by atoms with van der Waals surface area (Å²) in [5.74, 6) is 0.790. The van der Waals surface area contributed by atoms with Crippen molar-refractivity contribution >= 4 is 0 Å². The number of methoxy groups -OCH3 is 1. The van der Waals surface area contributed by atoms with Crippen LogP contribution >= 0.6 is 0 Å². The van der Waals surface area contributed by atoms with Crippen molar-refractivity contribution in [2.24, 2.45) is 5.92 Å². The lowest BCUT2D eigenvalue weighted by molar-refractivity contribution is 0.0480. The van der Waals surface area contributed by atoms with E-state index in [0.717, 1.165) is 32.1 Å². The van der Waals surface area contributed by atoms with E-state index in [1.807, 2.05) is 0 Å². The van der Waals surface area contributed by atoms with Crippen molar-refractivity contribution in [2.75, 3.05) is 26.9 Å². The lowest BCUT2D eigenvalue weighted by atomic mass is 9.88. The lowest BCUT2D eigenvalue weighted by Gasteiger charge is -2.31. The molecule has 3 heteroatoms. The maximum Gasteiger partial charge on any atom is 0.0543 e. The third-order valence-electron chi connectivity index (χ3n) is 3.59. The topological polar surface area (TPSA) is 30.5 Å². The maximum absolute atomic E-state index is 5.42. The summed E-state index contributed by atoms with van der Waals surface area (Å²) in [5.41, 5.74) is 0. The number of ether oxygens (including phenoxy) is 2. The van der Waals surface area contributed by atoms with E-state index in [-0.39, 0.29) is 0 Å². The number of rotatable bonds is 7. The van der Waals surface area contributed by atoms with Crippen LogP contribution in [-0.2, 0) is 9.47 Å². The van der Waals surface area contributed by atoms with Crippen molar-refractivity contribution in [2.45, 2.75) is 51.7 Å². The Morgan fingerprint density at radius 1 is 1.31 bits per heavy atom. The molecule has 1 heterocycles. The van der Waals surface area contributed by atoms with E-state index >= 15 is 0 Å². The van der Waals surface area contributed by atoms with E-state index in [9.17, 15) is 0 Å². The van der Waals surface area contributed by atoms with Gasteiger partial charge in [-0.2, -0.15) is 0 Å². The largest absolute Gasteiger partial charge is 0.382 e. The normalized spacial score (nSPS) is 21.9. The molecule has 0 bridgehead atoms. The molecular weight excluding hydrogens is 202 g/mol. The third kappa shape index (κ3) is 4.81. The molecular formula is C13H27NO2. The van der Waals surface area contributed by atoms with E-state index in [4.69, 9.17) is 9.47 Å². The second-order valence-electron chi connectivity index (χ2n) is 4.74. The quantitative estimate of drug-likeness (QED) is 0.726. The van der Waals surface area contributed by atoms with Gasteiger partial charge in [-0.3, -0.25) is 0 Å². The van der Waals surface area contributed by atoms with Crippen molar-refractivity contribution in [3.8, 4) is 0 Å². The fourth-order valence-electron chi connectivity index (χ4n) is 2.42. The van der Waals surface area contributed by atoms with Crippen molar-refractivity contribution in [1.29, 1.82) is 0 Å². The second kappa shape index (κ2) is 8.04. The van der Waals surface area contributed by atoms with Crippen LogP contribution in [0.25, 0.3) is 0 Å². The molecule has 1 N–H and O–H groups in total. The van der Waals surface area contributed by atoms with Crippen LogP contribution in [0.1, 0.15) is 39.5 Å². The highest BCUT2D eigenvalue weighted by atomic mass is 16.5. The zero-order valence-corrected chi connectivity index (χ0v) is 11.0. The number of nitrogens with one attached hydrogen (secondary N) is 1. The molecule has 0 amide bonds. The molecule has 2 unspecified atom stereocenters. The first kappa shape index (κ1) is 13.9. The van der Waals surface area contributed by atoms with Crippen molar-refractivity contribution in [3.63, 3.8) is 0 Å². The molecule has 0 radical (unpaired) electrons. The Kier molecular flexibility index (Phi) is 7.01. The molecule has 1 rings (SSSR count). The Labute approximate surface area is 99.9 Å². The Bertz CT molecular complexity index is 169. The highest BCUT2D eigenvalue weighted by molar-refractivity contribution is 4.78. The summed E-state index contributed by atoms with van der Waals surface area (Å²) < 4.78 is 10.7. The van der Waals surface area contributed by atoms with Crippen LogP contribution in [0.2, 0.25) is 0 Å². The molecule has 0 saturated carbocycles. The molecule has 3 nitrogen and oxygen atoms in total. The van der Waals surface area contributed by atoms with Gasteiger partial charge in [0.1, 0.15) is 0 Å². The molecule has 1 aliphatic rings. The Hall–Kier alpha value is -0.120. The summed E-state index contributed by atoms with van der Waals surface area (Å²) in [4.78, 5) is 0. The van der Waals surface area contributed by atoms with E-state index < -0.39 is 0 Å². The van der Waals surface area contributed by atoms with E-state index in [1.165, 1.54) is 19.3 Å². The molecule has 0 aromatic rings. The van der Waals surface area contributed by atoms with Crippen LogP contribution in [0.15, 0.2) is 0 Å². The fraction of sp³-hybridized carbons (Fsp3) is 1.00. The van der Waals surface area contributed by atoms with Crippen LogP contribution in [0, 0.1) is 5.92 Å². The molecule has 16 heavy (non-hydrogen) atoms. The first-order chi connectivity index (χ1) is 7.77. The van der Waals surface area contributed by atoms with Gasteiger partial charge in [0, 0.05) is 26.4 Å². The van der Waals surface area contributed by atoms with Crippen molar-refractivity contribution < 1.29 is 9.47 Å². The molecule has 96 valence electrons. The smallest absolute Gasteiger partial charge is 0.0543 e. The van der Waals surface area contributed by atoms with Crippen LogP contribution in [0.5, 0.6) is 0 Å². The highest BCUT2D eigenvalue weighted by Crippen LogP contribution is 2.22. The molecule has 0 aromatic carbocycles. The van der Waals surface area contributed by atoms with Crippen LogP contribution in [0.3, 0.4) is 0 Å². The van der Waals surface area contributed by atoms with E-state index in [0.29, 0.717) is 12.1 Å².